The van der Waals surface area contributed by atoms with Crippen molar-refractivity contribution < 1.29 is 4.79 Å². The van der Waals surface area contributed by atoms with Gasteiger partial charge in [0.25, 0.3) is 0 Å². The SMILES string of the molecule is CNc1cnn([C@@H](C)c2cnc(N3CC[C@@H](C)C3=O)nc2)c1. The summed E-state index contributed by atoms with van der Waals surface area (Å²) in [5, 5.41) is 7.37. The molecule has 0 bridgehead atoms. The van der Waals surface area contributed by atoms with Crippen LogP contribution in [0.3, 0.4) is 0 Å². The van der Waals surface area contributed by atoms with Gasteiger partial charge in [-0.05, 0) is 13.3 Å². The van der Waals surface area contributed by atoms with Gasteiger partial charge in [-0.1, -0.05) is 6.92 Å². The van der Waals surface area contributed by atoms with E-state index < -0.39 is 0 Å². The molecule has 1 fully saturated rings. The zero-order valence-corrected chi connectivity index (χ0v) is 13.0. The van der Waals surface area contributed by atoms with E-state index in [0.29, 0.717) is 12.5 Å². The highest BCUT2D eigenvalue weighted by Gasteiger charge is 2.30. The molecule has 2 aromatic heterocycles. The highest BCUT2D eigenvalue weighted by Crippen LogP contribution is 2.23. The average molecular weight is 300 g/mol. The minimum absolute atomic E-state index is 0.0318. The van der Waals surface area contributed by atoms with Gasteiger partial charge < -0.3 is 5.32 Å². The molecule has 1 aliphatic rings. The number of rotatable bonds is 4. The molecule has 0 spiro atoms. The Bertz CT molecular complexity index is 665. The number of carbonyl (C=O) groups is 1. The fourth-order valence-electron chi connectivity index (χ4n) is 2.54. The van der Waals surface area contributed by atoms with Gasteiger partial charge >= 0.3 is 0 Å². The normalized spacial score (nSPS) is 19.5. The maximum atomic E-state index is 12.0. The molecule has 116 valence electrons. The first-order chi connectivity index (χ1) is 10.6. The third-order valence-electron chi connectivity index (χ3n) is 4.14. The average Bonchev–Trinajstić information content (AvgIpc) is 3.15. The summed E-state index contributed by atoms with van der Waals surface area (Å²) in [6.45, 7) is 4.67. The lowest BCUT2D eigenvalue weighted by molar-refractivity contribution is -0.119. The topological polar surface area (TPSA) is 75.9 Å². The summed E-state index contributed by atoms with van der Waals surface area (Å²) in [4.78, 5) is 22.4. The Morgan fingerprint density at radius 2 is 2.05 bits per heavy atom. The van der Waals surface area contributed by atoms with Gasteiger partial charge in [-0.3, -0.25) is 14.4 Å². The van der Waals surface area contributed by atoms with E-state index in [1.165, 1.54) is 0 Å². The lowest BCUT2D eigenvalue weighted by Gasteiger charge is -2.16. The molecule has 22 heavy (non-hydrogen) atoms. The molecule has 0 unspecified atom stereocenters. The molecule has 1 saturated heterocycles. The van der Waals surface area contributed by atoms with Crippen LogP contribution in [0.5, 0.6) is 0 Å². The van der Waals surface area contributed by atoms with Crippen LogP contribution in [0.2, 0.25) is 0 Å². The Hall–Kier alpha value is -2.44. The monoisotopic (exact) mass is 300 g/mol. The summed E-state index contributed by atoms with van der Waals surface area (Å²) in [6.07, 6.45) is 8.11. The second-order valence-corrected chi connectivity index (χ2v) is 5.63. The predicted octanol–water partition coefficient (Wildman–Crippen LogP) is 1.70. The fourth-order valence-corrected chi connectivity index (χ4v) is 2.54. The van der Waals surface area contributed by atoms with Gasteiger partial charge in [-0.2, -0.15) is 5.10 Å². The van der Waals surface area contributed by atoms with Gasteiger partial charge in [0.1, 0.15) is 0 Å². The van der Waals surface area contributed by atoms with E-state index in [0.717, 1.165) is 17.7 Å². The molecular weight excluding hydrogens is 280 g/mol. The first kappa shape index (κ1) is 14.5. The first-order valence-corrected chi connectivity index (χ1v) is 7.45. The van der Waals surface area contributed by atoms with Crippen molar-refractivity contribution in [2.45, 2.75) is 26.3 Å². The van der Waals surface area contributed by atoms with Gasteiger partial charge in [0.2, 0.25) is 11.9 Å². The van der Waals surface area contributed by atoms with Crippen LogP contribution in [0.4, 0.5) is 11.6 Å². The molecule has 1 aliphatic heterocycles. The van der Waals surface area contributed by atoms with Crippen LogP contribution in [0.25, 0.3) is 0 Å². The summed E-state index contributed by atoms with van der Waals surface area (Å²) in [7, 11) is 1.86. The largest absolute Gasteiger partial charge is 0.386 e. The number of amides is 1. The molecule has 1 amide bonds. The lowest BCUT2D eigenvalue weighted by atomic mass is 10.1. The van der Waals surface area contributed by atoms with E-state index in [9.17, 15) is 4.79 Å². The Labute approximate surface area is 129 Å². The zero-order valence-electron chi connectivity index (χ0n) is 13.0. The van der Waals surface area contributed by atoms with E-state index in [1.54, 1.807) is 23.5 Å². The highest BCUT2D eigenvalue weighted by atomic mass is 16.2. The Balaban J connectivity index is 1.77. The van der Waals surface area contributed by atoms with Crippen LogP contribution in [-0.4, -0.2) is 39.2 Å². The maximum Gasteiger partial charge on any atom is 0.232 e. The quantitative estimate of drug-likeness (QED) is 0.930. The van der Waals surface area contributed by atoms with Crippen molar-refractivity contribution >= 4 is 17.5 Å². The molecule has 1 N–H and O–H groups in total. The van der Waals surface area contributed by atoms with Crippen LogP contribution < -0.4 is 10.2 Å². The predicted molar refractivity (Wildman–Crippen MR) is 83.8 cm³/mol. The number of hydrogen-bond donors (Lipinski definition) is 1. The molecular formula is C15H20N6O. The van der Waals surface area contributed by atoms with Gasteiger partial charge in [-0.25, -0.2) is 9.97 Å². The molecule has 2 aromatic rings. The van der Waals surface area contributed by atoms with Crippen molar-refractivity contribution in [2.24, 2.45) is 5.92 Å². The molecule has 3 rings (SSSR count). The van der Waals surface area contributed by atoms with Crippen molar-refractivity contribution in [3.05, 3.63) is 30.4 Å². The molecule has 7 heteroatoms. The van der Waals surface area contributed by atoms with E-state index in [-0.39, 0.29) is 17.9 Å². The standard InChI is InChI=1S/C15H20N6O/c1-10-4-5-20(14(10)22)15-17-6-12(7-18-15)11(2)21-9-13(16-3)8-19-21/h6-11,16H,4-5H2,1-3H3/t10-,11+/m1/s1. The van der Waals surface area contributed by atoms with E-state index in [4.69, 9.17) is 0 Å². The molecule has 0 saturated carbocycles. The third-order valence-corrected chi connectivity index (χ3v) is 4.14. The first-order valence-electron chi connectivity index (χ1n) is 7.45. The molecule has 7 nitrogen and oxygen atoms in total. The zero-order chi connectivity index (χ0) is 15.7. The molecule has 2 atom stereocenters. The van der Waals surface area contributed by atoms with Crippen LogP contribution in [0.15, 0.2) is 24.8 Å². The number of hydrogen-bond acceptors (Lipinski definition) is 5. The van der Waals surface area contributed by atoms with Crippen molar-refractivity contribution in [1.29, 1.82) is 0 Å². The van der Waals surface area contributed by atoms with Crippen LogP contribution in [0.1, 0.15) is 31.9 Å². The summed E-state index contributed by atoms with van der Waals surface area (Å²) < 4.78 is 1.85. The summed E-state index contributed by atoms with van der Waals surface area (Å²) in [6, 6.07) is 0.0318. The van der Waals surface area contributed by atoms with E-state index in [1.807, 2.05) is 31.8 Å². The molecule has 0 aromatic carbocycles. The smallest absolute Gasteiger partial charge is 0.232 e. The summed E-state index contributed by atoms with van der Waals surface area (Å²) >= 11 is 0. The second-order valence-electron chi connectivity index (χ2n) is 5.63. The summed E-state index contributed by atoms with van der Waals surface area (Å²) in [5.74, 6) is 0.652. The number of nitrogens with zero attached hydrogens (tertiary/aromatic N) is 5. The molecule has 0 radical (unpaired) electrons. The van der Waals surface area contributed by atoms with Crippen LogP contribution in [0, 0.1) is 5.92 Å². The number of anilines is 2. The lowest BCUT2D eigenvalue weighted by Crippen LogP contribution is -2.28. The van der Waals surface area contributed by atoms with Crippen molar-refractivity contribution in [3.8, 4) is 0 Å². The Morgan fingerprint density at radius 3 is 2.59 bits per heavy atom. The van der Waals surface area contributed by atoms with Gasteiger partial charge in [-0.15, -0.1) is 0 Å². The van der Waals surface area contributed by atoms with Gasteiger partial charge in [0.05, 0.1) is 17.9 Å². The van der Waals surface area contributed by atoms with Crippen LogP contribution >= 0.6 is 0 Å². The van der Waals surface area contributed by atoms with Crippen molar-refractivity contribution in [3.63, 3.8) is 0 Å². The minimum atomic E-state index is 0.0318. The van der Waals surface area contributed by atoms with Gasteiger partial charge in [0, 0.05) is 43.7 Å². The summed E-state index contributed by atoms with van der Waals surface area (Å²) in [5.41, 5.74) is 1.91. The fraction of sp³-hybridized carbons (Fsp3) is 0.467. The Morgan fingerprint density at radius 1 is 1.32 bits per heavy atom. The molecule has 0 aliphatic carbocycles. The second kappa shape index (κ2) is 5.75. The Kier molecular flexibility index (Phi) is 3.79. The highest BCUT2D eigenvalue weighted by molar-refractivity contribution is 5.95. The van der Waals surface area contributed by atoms with Crippen LogP contribution in [-0.2, 0) is 4.79 Å². The van der Waals surface area contributed by atoms with Crippen molar-refractivity contribution in [1.82, 2.24) is 19.7 Å². The van der Waals surface area contributed by atoms with Crippen molar-refractivity contribution in [2.75, 3.05) is 23.8 Å². The molecule has 3 heterocycles. The van der Waals surface area contributed by atoms with E-state index >= 15 is 0 Å². The number of nitrogens with one attached hydrogen (secondary N) is 1. The maximum absolute atomic E-state index is 12.0. The number of carbonyl (C=O) groups excluding carboxylic acids is 1. The third kappa shape index (κ3) is 2.54. The van der Waals surface area contributed by atoms with E-state index in [2.05, 4.69) is 20.4 Å². The van der Waals surface area contributed by atoms with Gasteiger partial charge in [0.15, 0.2) is 0 Å². The number of aromatic nitrogens is 4. The minimum Gasteiger partial charge on any atom is -0.386 e.